The Labute approximate surface area is 118 Å². The summed E-state index contributed by atoms with van der Waals surface area (Å²) >= 11 is 2.23. The van der Waals surface area contributed by atoms with Crippen molar-refractivity contribution in [1.82, 2.24) is 9.97 Å². The summed E-state index contributed by atoms with van der Waals surface area (Å²) in [4.78, 5) is 19.3. The first-order valence-corrected chi connectivity index (χ1v) is 6.20. The number of anilines is 2. The lowest BCUT2D eigenvalue weighted by molar-refractivity contribution is 0.0593. The maximum Gasteiger partial charge on any atom is 0.358 e. The van der Waals surface area contributed by atoms with Gasteiger partial charge in [0.2, 0.25) is 0 Å². The third kappa shape index (κ3) is 2.95. The zero-order valence-electron chi connectivity index (χ0n) is 9.55. The summed E-state index contributed by atoms with van der Waals surface area (Å²) in [5, 5.41) is 3.12. The molecule has 0 aliphatic heterocycles. The van der Waals surface area contributed by atoms with Gasteiger partial charge in [0, 0.05) is 3.57 Å². The number of carbonyl (C=O) groups is 1. The van der Waals surface area contributed by atoms with E-state index in [1.807, 2.05) is 24.3 Å². The Kier molecular flexibility index (Phi) is 4.08. The zero-order chi connectivity index (χ0) is 13.0. The summed E-state index contributed by atoms with van der Waals surface area (Å²) < 4.78 is 5.63. The summed E-state index contributed by atoms with van der Waals surface area (Å²) in [6.45, 7) is 0. The van der Waals surface area contributed by atoms with Gasteiger partial charge in [-0.1, -0.05) is 12.1 Å². The lowest BCUT2D eigenvalue weighted by atomic mass is 10.3. The molecule has 18 heavy (non-hydrogen) atoms. The molecule has 0 fully saturated rings. The van der Waals surface area contributed by atoms with Crippen LogP contribution in [0.1, 0.15) is 10.5 Å². The molecule has 0 saturated carbocycles. The summed E-state index contributed by atoms with van der Waals surface area (Å²) in [6.07, 6.45) is 2.87. The van der Waals surface area contributed by atoms with E-state index < -0.39 is 5.97 Å². The van der Waals surface area contributed by atoms with Gasteiger partial charge < -0.3 is 10.1 Å². The van der Waals surface area contributed by atoms with E-state index in [-0.39, 0.29) is 5.69 Å². The average molecular weight is 355 g/mol. The molecule has 0 aliphatic carbocycles. The number of nitrogens with zero attached hydrogens (tertiary/aromatic N) is 2. The van der Waals surface area contributed by atoms with E-state index in [1.54, 1.807) is 0 Å². The van der Waals surface area contributed by atoms with Crippen LogP contribution in [-0.2, 0) is 4.74 Å². The highest BCUT2D eigenvalue weighted by atomic mass is 127. The molecule has 1 aromatic carbocycles. The van der Waals surface area contributed by atoms with Crippen LogP contribution in [0.5, 0.6) is 0 Å². The van der Waals surface area contributed by atoms with Gasteiger partial charge in [-0.2, -0.15) is 0 Å². The Morgan fingerprint density at radius 1 is 1.28 bits per heavy atom. The number of para-hydroxylation sites is 1. The van der Waals surface area contributed by atoms with Crippen LogP contribution in [0.4, 0.5) is 11.5 Å². The van der Waals surface area contributed by atoms with Crippen molar-refractivity contribution in [3.05, 3.63) is 45.9 Å². The van der Waals surface area contributed by atoms with Crippen LogP contribution in [0.2, 0.25) is 0 Å². The van der Waals surface area contributed by atoms with Crippen LogP contribution in [0.15, 0.2) is 36.7 Å². The Bertz CT molecular complexity index is 558. The third-order valence-electron chi connectivity index (χ3n) is 2.18. The number of rotatable bonds is 3. The highest BCUT2D eigenvalue weighted by Crippen LogP contribution is 2.20. The molecule has 1 N–H and O–H groups in total. The van der Waals surface area contributed by atoms with E-state index in [2.05, 4.69) is 42.6 Å². The topological polar surface area (TPSA) is 64.1 Å². The van der Waals surface area contributed by atoms with Crippen molar-refractivity contribution >= 4 is 40.1 Å². The van der Waals surface area contributed by atoms with E-state index in [4.69, 9.17) is 0 Å². The number of ether oxygens (including phenoxy) is 1. The summed E-state index contributed by atoms with van der Waals surface area (Å²) in [6, 6.07) is 7.82. The van der Waals surface area contributed by atoms with Crippen LogP contribution in [0.3, 0.4) is 0 Å². The molecule has 0 aliphatic rings. The van der Waals surface area contributed by atoms with Gasteiger partial charge in [0.25, 0.3) is 0 Å². The van der Waals surface area contributed by atoms with E-state index in [0.717, 1.165) is 9.26 Å². The van der Waals surface area contributed by atoms with Gasteiger partial charge in [-0.25, -0.2) is 14.8 Å². The summed E-state index contributed by atoms with van der Waals surface area (Å²) in [5.74, 6) is 0.0788. The number of esters is 1. The quantitative estimate of drug-likeness (QED) is 0.677. The minimum atomic E-state index is -0.497. The molecule has 5 nitrogen and oxygen atoms in total. The van der Waals surface area contributed by atoms with Crippen molar-refractivity contribution in [3.63, 3.8) is 0 Å². The average Bonchev–Trinajstić information content (AvgIpc) is 2.41. The van der Waals surface area contributed by atoms with Crippen molar-refractivity contribution in [2.24, 2.45) is 0 Å². The molecule has 0 bridgehead atoms. The number of benzene rings is 1. The van der Waals surface area contributed by atoms with Crippen molar-refractivity contribution in [2.45, 2.75) is 0 Å². The molecule has 1 heterocycles. The molecule has 2 rings (SSSR count). The number of hydrogen-bond acceptors (Lipinski definition) is 5. The number of aromatic nitrogens is 2. The number of methoxy groups -OCH3 is 1. The van der Waals surface area contributed by atoms with Crippen LogP contribution in [0, 0.1) is 3.57 Å². The fourth-order valence-electron chi connectivity index (χ4n) is 1.30. The van der Waals surface area contributed by atoms with Crippen LogP contribution in [0.25, 0.3) is 0 Å². The van der Waals surface area contributed by atoms with Crippen molar-refractivity contribution in [3.8, 4) is 0 Å². The molecule has 1 aromatic heterocycles. The number of carbonyl (C=O) groups excluding carboxylic acids is 1. The van der Waals surface area contributed by atoms with Gasteiger partial charge in [-0.15, -0.1) is 0 Å². The standard InChI is InChI=1S/C12H10IN3O2/c1-18-12(17)10-6-15-11(7-14-10)16-9-5-3-2-4-8(9)13/h2-7H,1H3,(H,15,16). The van der Waals surface area contributed by atoms with Crippen molar-refractivity contribution in [1.29, 1.82) is 0 Å². The van der Waals surface area contributed by atoms with Gasteiger partial charge in [0.1, 0.15) is 5.82 Å². The first-order chi connectivity index (χ1) is 8.70. The highest BCUT2D eigenvalue weighted by Gasteiger charge is 2.07. The fraction of sp³-hybridized carbons (Fsp3) is 0.0833. The van der Waals surface area contributed by atoms with Crippen LogP contribution < -0.4 is 5.32 Å². The van der Waals surface area contributed by atoms with Gasteiger partial charge in [-0.3, -0.25) is 0 Å². The second kappa shape index (κ2) is 5.76. The molecule has 2 aromatic rings. The number of nitrogens with one attached hydrogen (secondary N) is 1. The van der Waals surface area contributed by atoms with E-state index in [1.165, 1.54) is 19.5 Å². The predicted molar refractivity (Wildman–Crippen MR) is 75.8 cm³/mol. The number of halogens is 1. The Hall–Kier alpha value is -1.70. The second-order valence-electron chi connectivity index (χ2n) is 3.38. The predicted octanol–water partition coefficient (Wildman–Crippen LogP) is 2.61. The van der Waals surface area contributed by atoms with Crippen molar-refractivity contribution in [2.75, 3.05) is 12.4 Å². The van der Waals surface area contributed by atoms with Gasteiger partial charge in [0.05, 0.1) is 25.2 Å². The molecule has 92 valence electrons. The molecular formula is C12H10IN3O2. The molecular weight excluding hydrogens is 345 g/mol. The maximum atomic E-state index is 11.2. The van der Waals surface area contributed by atoms with E-state index >= 15 is 0 Å². The first-order valence-electron chi connectivity index (χ1n) is 5.12. The lowest BCUT2D eigenvalue weighted by Gasteiger charge is -2.07. The van der Waals surface area contributed by atoms with Gasteiger partial charge in [0.15, 0.2) is 5.69 Å². The first kappa shape index (κ1) is 12.7. The maximum absolute atomic E-state index is 11.2. The molecule has 0 amide bonds. The Morgan fingerprint density at radius 3 is 2.67 bits per heavy atom. The SMILES string of the molecule is COC(=O)c1cnc(Nc2ccccc2I)cn1. The molecule has 6 heteroatoms. The molecule has 0 radical (unpaired) electrons. The smallest absolute Gasteiger partial charge is 0.358 e. The fourth-order valence-corrected chi connectivity index (χ4v) is 1.83. The third-order valence-corrected chi connectivity index (χ3v) is 3.12. The van der Waals surface area contributed by atoms with Crippen molar-refractivity contribution < 1.29 is 9.53 Å². The molecule has 0 spiro atoms. The summed E-state index contributed by atoms with van der Waals surface area (Å²) in [7, 11) is 1.31. The largest absolute Gasteiger partial charge is 0.464 e. The minimum absolute atomic E-state index is 0.186. The van der Waals surface area contributed by atoms with E-state index in [9.17, 15) is 4.79 Å². The Morgan fingerprint density at radius 2 is 2.06 bits per heavy atom. The molecule has 0 unspecified atom stereocenters. The van der Waals surface area contributed by atoms with Gasteiger partial charge in [-0.05, 0) is 34.7 Å². The van der Waals surface area contributed by atoms with Crippen LogP contribution >= 0.6 is 22.6 Å². The summed E-state index contributed by atoms with van der Waals surface area (Å²) in [5.41, 5.74) is 1.13. The molecule has 0 atom stereocenters. The zero-order valence-corrected chi connectivity index (χ0v) is 11.7. The second-order valence-corrected chi connectivity index (χ2v) is 4.55. The minimum Gasteiger partial charge on any atom is -0.464 e. The Balaban J connectivity index is 2.16. The number of hydrogen-bond donors (Lipinski definition) is 1. The van der Waals surface area contributed by atoms with E-state index in [0.29, 0.717) is 5.82 Å². The normalized spacial score (nSPS) is 9.89. The lowest BCUT2D eigenvalue weighted by Crippen LogP contribution is -2.05. The van der Waals surface area contributed by atoms with Gasteiger partial charge >= 0.3 is 5.97 Å². The molecule has 0 saturated heterocycles. The highest BCUT2D eigenvalue weighted by molar-refractivity contribution is 14.1. The van der Waals surface area contributed by atoms with Crippen LogP contribution in [-0.4, -0.2) is 23.0 Å². The monoisotopic (exact) mass is 355 g/mol.